The van der Waals surface area contributed by atoms with Crippen LogP contribution in [-0.2, 0) is 6.54 Å². The van der Waals surface area contributed by atoms with Crippen LogP contribution in [0.5, 0.6) is 5.75 Å². The van der Waals surface area contributed by atoms with Gasteiger partial charge in [-0.15, -0.1) is 0 Å². The second kappa shape index (κ2) is 9.72. The monoisotopic (exact) mass is 362 g/mol. The zero-order chi connectivity index (χ0) is 18.9. The zero-order valence-corrected chi connectivity index (χ0v) is 15.8. The summed E-state index contributed by atoms with van der Waals surface area (Å²) in [5.74, 6) is 0.765. The lowest BCUT2D eigenvalue weighted by atomic mass is 10.1. The summed E-state index contributed by atoms with van der Waals surface area (Å²) in [5, 5.41) is 3.94. The number of hydrogen-bond donors (Lipinski definition) is 1. The minimum absolute atomic E-state index is 0.0911. The summed E-state index contributed by atoms with van der Waals surface area (Å²) in [4.78, 5) is 16.7. The molecule has 0 radical (unpaired) electrons. The van der Waals surface area contributed by atoms with Crippen molar-refractivity contribution in [1.29, 1.82) is 0 Å². The fourth-order valence-corrected chi connectivity index (χ4v) is 2.97. The number of unbranched alkanes of at least 4 members (excludes halogenated alkanes) is 3. The van der Waals surface area contributed by atoms with Crippen LogP contribution < -0.4 is 10.1 Å². The molecule has 27 heavy (non-hydrogen) atoms. The minimum Gasteiger partial charge on any atom is -0.494 e. The predicted octanol–water partition coefficient (Wildman–Crippen LogP) is 5.12. The summed E-state index contributed by atoms with van der Waals surface area (Å²) in [6.45, 7) is 3.41. The van der Waals surface area contributed by atoms with E-state index in [1.165, 1.54) is 19.3 Å². The first kappa shape index (κ1) is 18.9. The molecule has 140 valence electrons. The van der Waals surface area contributed by atoms with E-state index < -0.39 is 0 Å². The van der Waals surface area contributed by atoms with Crippen molar-refractivity contribution in [1.82, 2.24) is 10.3 Å². The third kappa shape index (κ3) is 5.55. The number of fused-ring (bicyclic) bond motifs is 1. The smallest absolute Gasteiger partial charge is 0.251 e. The Labute approximate surface area is 160 Å². The number of hydrogen-bond acceptors (Lipinski definition) is 3. The predicted molar refractivity (Wildman–Crippen MR) is 109 cm³/mol. The number of benzene rings is 2. The van der Waals surface area contributed by atoms with Gasteiger partial charge in [-0.2, -0.15) is 0 Å². The van der Waals surface area contributed by atoms with Gasteiger partial charge in [0.15, 0.2) is 0 Å². The van der Waals surface area contributed by atoms with Gasteiger partial charge in [-0.25, -0.2) is 0 Å². The first-order valence-electron chi connectivity index (χ1n) is 9.61. The van der Waals surface area contributed by atoms with E-state index in [2.05, 4.69) is 17.2 Å². The molecule has 0 spiro atoms. The average molecular weight is 362 g/mol. The first-order valence-corrected chi connectivity index (χ1v) is 9.61. The van der Waals surface area contributed by atoms with E-state index in [-0.39, 0.29) is 5.91 Å². The molecule has 0 aliphatic heterocycles. The number of ether oxygens (including phenoxy) is 1. The van der Waals surface area contributed by atoms with Crippen LogP contribution in [0.25, 0.3) is 10.9 Å². The van der Waals surface area contributed by atoms with E-state index in [1.807, 2.05) is 48.5 Å². The van der Waals surface area contributed by atoms with Crippen molar-refractivity contribution in [2.75, 3.05) is 6.61 Å². The quantitative estimate of drug-likeness (QED) is 0.537. The van der Waals surface area contributed by atoms with Gasteiger partial charge in [0.1, 0.15) is 5.75 Å². The summed E-state index contributed by atoms with van der Waals surface area (Å²) in [7, 11) is 0. The molecule has 1 heterocycles. The second-order valence-corrected chi connectivity index (χ2v) is 6.65. The summed E-state index contributed by atoms with van der Waals surface area (Å²) in [6.07, 6.45) is 6.50. The van der Waals surface area contributed by atoms with E-state index in [9.17, 15) is 4.79 Å². The van der Waals surface area contributed by atoms with Crippen molar-refractivity contribution < 1.29 is 9.53 Å². The molecule has 4 heteroatoms. The highest BCUT2D eigenvalue weighted by molar-refractivity contribution is 5.97. The number of aromatic nitrogens is 1. The van der Waals surface area contributed by atoms with Crippen LogP contribution in [0.4, 0.5) is 0 Å². The highest BCUT2D eigenvalue weighted by Crippen LogP contribution is 2.16. The Kier molecular flexibility index (Phi) is 6.80. The van der Waals surface area contributed by atoms with E-state index >= 15 is 0 Å². The van der Waals surface area contributed by atoms with Gasteiger partial charge in [0, 0.05) is 23.7 Å². The van der Waals surface area contributed by atoms with Gasteiger partial charge in [0.05, 0.1) is 12.1 Å². The van der Waals surface area contributed by atoms with E-state index in [0.717, 1.165) is 35.2 Å². The summed E-state index contributed by atoms with van der Waals surface area (Å²) >= 11 is 0. The van der Waals surface area contributed by atoms with Crippen LogP contribution in [0, 0.1) is 0 Å². The molecule has 1 N–H and O–H groups in total. The van der Waals surface area contributed by atoms with Crippen LogP contribution in [0.1, 0.15) is 48.5 Å². The van der Waals surface area contributed by atoms with Crippen molar-refractivity contribution in [2.24, 2.45) is 0 Å². The molecule has 1 aromatic heterocycles. The number of amides is 1. The van der Waals surface area contributed by atoms with Crippen LogP contribution >= 0.6 is 0 Å². The zero-order valence-electron chi connectivity index (χ0n) is 15.8. The van der Waals surface area contributed by atoms with Crippen molar-refractivity contribution >= 4 is 16.8 Å². The lowest BCUT2D eigenvalue weighted by Crippen LogP contribution is -2.22. The molecule has 0 aliphatic rings. The van der Waals surface area contributed by atoms with Crippen LogP contribution in [0.15, 0.2) is 60.8 Å². The third-order valence-electron chi connectivity index (χ3n) is 4.48. The Balaban J connectivity index is 1.54. The van der Waals surface area contributed by atoms with Gasteiger partial charge in [0.25, 0.3) is 5.91 Å². The molecule has 0 saturated heterocycles. The maximum atomic E-state index is 12.5. The molecule has 0 atom stereocenters. The average Bonchev–Trinajstić information content (AvgIpc) is 2.72. The number of pyridine rings is 1. The largest absolute Gasteiger partial charge is 0.494 e. The number of carbonyl (C=O) groups excluding carboxylic acids is 1. The van der Waals surface area contributed by atoms with Crippen molar-refractivity contribution in [3.05, 3.63) is 71.9 Å². The van der Waals surface area contributed by atoms with Crippen molar-refractivity contribution in [2.45, 2.75) is 39.2 Å². The molecule has 0 bridgehead atoms. The number of carbonyl (C=O) groups is 1. The molecule has 4 nitrogen and oxygen atoms in total. The maximum Gasteiger partial charge on any atom is 0.251 e. The number of nitrogens with zero attached hydrogens (tertiary/aromatic N) is 1. The molecule has 1 amide bonds. The Morgan fingerprint density at radius 3 is 2.85 bits per heavy atom. The lowest BCUT2D eigenvalue weighted by molar-refractivity contribution is 0.0951. The topological polar surface area (TPSA) is 51.2 Å². The van der Waals surface area contributed by atoms with Gasteiger partial charge in [-0.1, -0.05) is 44.4 Å². The number of rotatable bonds is 9. The highest BCUT2D eigenvalue weighted by atomic mass is 16.5. The van der Waals surface area contributed by atoms with Gasteiger partial charge >= 0.3 is 0 Å². The maximum absolute atomic E-state index is 12.5. The molecule has 3 rings (SSSR count). The SMILES string of the molecule is CCCCCCOc1cccc(CNC(=O)c2ccc3ncccc3c2)c1. The molecule has 2 aromatic carbocycles. The first-order chi connectivity index (χ1) is 13.3. The van der Waals surface area contributed by atoms with Crippen molar-refractivity contribution in [3.8, 4) is 5.75 Å². The van der Waals surface area contributed by atoms with Gasteiger partial charge in [0.2, 0.25) is 0 Å². The molecular formula is C23H26N2O2. The normalized spacial score (nSPS) is 10.7. The summed E-state index contributed by atoms with van der Waals surface area (Å²) < 4.78 is 5.81. The van der Waals surface area contributed by atoms with Crippen LogP contribution in [0.3, 0.4) is 0 Å². The third-order valence-corrected chi connectivity index (χ3v) is 4.48. The molecule has 0 fully saturated rings. The molecule has 0 aliphatic carbocycles. The highest BCUT2D eigenvalue weighted by Gasteiger charge is 2.07. The van der Waals surface area contributed by atoms with Gasteiger partial charge in [-0.05, 0) is 48.4 Å². The van der Waals surface area contributed by atoms with Crippen molar-refractivity contribution in [3.63, 3.8) is 0 Å². The molecular weight excluding hydrogens is 336 g/mol. The molecule has 3 aromatic rings. The summed E-state index contributed by atoms with van der Waals surface area (Å²) in [5.41, 5.74) is 2.55. The Morgan fingerprint density at radius 2 is 1.96 bits per heavy atom. The molecule has 0 saturated carbocycles. The number of nitrogens with one attached hydrogen (secondary N) is 1. The minimum atomic E-state index is -0.0911. The van der Waals surface area contributed by atoms with E-state index in [0.29, 0.717) is 12.1 Å². The standard InChI is InChI=1S/C23H26N2O2/c1-2-3-4-5-14-27-21-10-6-8-18(15-21)17-25-23(26)20-11-12-22-19(16-20)9-7-13-24-22/h6-13,15-16H,2-5,14,17H2,1H3,(H,25,26). The summed E-state index contributed by atoms with van der Waals surface area (Å²) in [6, 6.07) is 17.3. The fraction of sp³-hybridized carbons (Fsp3) is 0.304. The van der Waals surface area contributed by atoms with Gasteiger partial charge < -0.3 is 10.1 Å². The van der Waals surface area contributed by atoms with Crippen LogP contribution in [0.2, 0.25) is 0 Å². The fourth-order valence-electron chi connectivity index (χ4n) is 2.97. The molecule has 0 unspecified atom stereocenters. The second-order valence-electron chi connectivity index (χ2n) is 6.65. The Morgan fingerprint density at radius 1 is 1.04 bits per heavy atom. The van der Waals surface area contributed by atoms with Crippen LogP contribution in [-0.4, -0.2) is 17.5 Å². The lowest BCUT2D eigenvalue weighted by Gasteiger charge is -2.09. The van der Waals surface area contributed by atoms with E-state index in [4.69, 9.17) is 4.74 Å². The van der Waals surface area contributed by atoms with E-state index in [1.54, 1.807) is 12.3 Å². The van der Waals surface area contributed by atoms with Gasteiger partial charge in [-0.3, -0.25) is 9.78 Å². The Hall–Kier alpha value is -2.88. The Bertz CT molecular complexity index is 892.